The number of fused-ring (bicyclic) bond motifs is 1. The highest BCUT2D eigenvalue weighted by atomic mass is 32.3. The van der Waals surface area contributed by atoms with Gasteiger partial charge in [-0.3, -0.25) is 9.59 Å². The predicted molar refractivity (Wildman–Crippen MR) is 122 cm³/mol. The number of carbonyl (C=O) groups excluding carboxylic acids is 2. The zero-order valence-electron chi connectivity index (χ0n) is 19.2. The Morgan fingerprint density at radius 1 is 1.25 bits per heavy atom. The van der Waals surface area contributed by atoms with E-state index in [-0.39, 0.29) is 26.7 Å². The lowest BCUT2D eigenvalue weighted by molar-refractivity contribution is -0.141. The highest BCUT2D eigenvalue weighted by molar-refractivity contribution is 7.95. The second-order valence-electron chi connectivity index (χ2n) is 8.03. The Labute approximate surface area is 194 Å². The molecule has 2 unspecified atom stereocenters. The summed E-state index contributed by atoms with van der Waals surface area (Å²) in [7, 11) is -7.79. The molecule has 1 aliphatic rings. The quantitative estimate of drug-likeness (QED) is 0.463. The molecule has 12 heteroatoms. The molecule has 0 amide bonds. The Balaban J connectivity index is 2.33. The van der Waals surface area contributed by atoms with Gasteiger partial charge in [-0.2, -0.15) is 4.72 Å². The maximum atomic E-state index is 13.1. The van der Waals surface area contributed by atoms with Gasteiger partial charge in [0.25, 0.3) is 10.0 Å². The van der Waals surface area contributed by atoms with Crippen LogP contribution < -0.4 is 10.0 Å². The third kappa shape index (κ3) is 5.65. The molecule has 1 aromatic rings. The van der Waals surface area contributed by atoms with Crippen LogP contribution >= 0.6 is 11.3 Å². The Morgan fingerprint density at radius 3 is 2.41 bits per heavy atom. The van der Waals surface area contributed by atoms with Crippen molar-refractivity contribution < 1.29 is 31.2 Å². The first-order chi connectivity index (χ1) is 14.8. The van der Waals surface area contributed by atoms with Crippen molar-refractivity contribution in [1.29, 1.82) is 0 Å². The number of ether oxygens (including phenoxy) is 1. The average molecular weight is 509 g/mol. The van der Waals surface area contributed by atoms with E-state index in [0.717, 1.165) is 0 Å². The van der Waals surface area contributed by atoms with Gasteiger partial charge in [0, 0.05) is 11.6 Å². The van der Waals surface area contributed by atoms with Crippen molar-refractivity contribution in [3.8, 4) is 0 Å². The van der Waals surface area contributed by atoms with E-state index in [0.29, 0.717) is 29.9 Å². The molecule has 0 fully saturated rings. The van der Waals surface area contributed by atoms with Crippen molar-refractivity contribution in [3.63, 3.8) is 0 Å². The van der Waals surface area contributed by atoms with E-state index in [1.165, 1.54) is 26.8 Å². The zero-order chi connectivity index (χ0) is 24.4. The number of ketones is 2. The Morgan fingerprint density at radius 2 is 1.88 bits per heavy atom. The highest BCUT2D eigenvalue weighted by Gasteiger charge is 2.40. The number of nitrogens with one attached hydrogen (secondary N) is 2. The SMILES string of the molecule is CCN[C@H]1C[C@H](C)S(=O)(=O)c2sc(S(=O)(=O)NC(CC)C(=O)[C@H](C)OC(C)C(C)=O)cc21. The van der Waals surface area contributed by atoms with E-state index in [2.05, 4.69) is 10.0 Å². The topological polar surface area (TPSA) is 136 Å². The normalized spacial score (nSPS) is 23.2. The molecule has 0 radical (unpaired) electrons. The number of hydrogen-bond donors (Lipinski definition) is 2. The second-order valence-corrected chi connectivity index (χ2v) is 13.6. The maximum absolute atomic E-state index is 13.1. The maximum Gasteiger partial charge on any atom is 0.250 e. The number of carbonyl (C=O) groups is 2. The van der Waals surface area contributed by atoms with Crippen LogP contribution in [-0.4, -0.2) is 58.4 Å². The summed E-state index contributed by atoms with van der Waals surface area (Å²) in [6, 6.07) is 0.0424. The summed E-state index contributed by atoms with van der Waals surface area (Å²) < 4.78 is 59.4. The Hall–Kier alpha value is -1.18. The van der Waals surface area contributed by atoms with E-state index in [4.69, 9.17) is 4.74 Å². The summed E-state index contributed by atoms with van der Waals surface area (Å²) in [6.07, 6.45) is -1.26. The van der Waals surface area contributed by atoms with Crippen LogP contribution in [0.3, 0.4) is 0 Å². The molecule has 32 heavy (non-hydrogen) atoms. The smallest absolute Gasteiger partial charge is 0.250 e. The number of sulfonamides is 1. The lowest BCUT2D eigenvalue weighted by Crippen LogP contribution is -2.45. The largest absolute Gasteiger partial charge is 0.360 e. The fraction of sp³-hybridized carbons (Fsp3) is 0.700. The van der Waals surface area contributed by atoms with Gasteiger partial charge in [-0.1, -0.05) is 13.8 Å². The summed E-state index contributed by atoms with van der Waals surface area (Å²) >= 11 is 0.704. The number of sulfone groups is 1. The predicted octanol–water partition coefficient (Wildman–Crippen LogP) is 1.97. The first-order valence-corrected chi connectivity index (χ1v) is 14.4. The standard InChI is InChI=1S/C20H32N2O7S3/c1-7-16(19(24)14(6)29-13(5)12(4)23)22-32(27,28)18-10-15-17(21-8-2)9-11(3)31(25,26)20(15)30-18/h10-11,13-14,16-17,21-22H,7-9H2,1-6H3/t11-,13?,14-,16?,17-/m0/s1. The molecule has 9 nitrogen and oxygen atoms in total. The first kappa shape index (κ1) is 27.1. The van der Waals surface area contributed by atoms with Crippen molar-refractivity contribution >= 4 is 42.8 Å². The molecular weight excluding hydrogens is 476 g/mol. The van der Waals surface area contributed by atoms with Gasteiger partial charge in [-0.05, 0) is 53.1 Å². The van der Waals surface area contributed by atoms with Gasteiger partial charge in [0.05, 0.1) is 11.3 Å². The van der Waals surface area contributed by atoms with Gasteiger partial charge < -0.3 is 10.1 Å². The monoisotopic (exact) mass is 508 g/mol. The fourth-order valence-electron chi connectivity index (χ4n) is 3.51. The van der Waals surface area contributed by atoms with Crippen LogP contribution in [-0.2, 0) is 34.2 Å². The number of Topliss-reactive ketones (excluding diaryl/α,β-unsaturated/α-hetero) is 2. The fourth-order valence-corrected chi connectivity index (χ4v) is 8.81. The number of thiophene rings is 1. The van der Waals surface area contributed by atoms with Crippen LogP contribution in [0.4, 0.5) is 0 Å². The molecule has 0 saturated carbocycles. The van der Waals surface area contributed by atoms with Crippen LogP contribution in [0.5, 0.6) is 0 Å². The molecule has 2 heterocycles. The second kappa shape index (κ2) is 10.4. The van der Waals surface area contributed by atoms with E-state index in [1.54, 1.807) is 13.8 Å². The minimum atomic E-state index is -4.16. The Kier molecular flexibility index (Phi) is 8.79. The van der Waals surface area contributed by atoms with Crippen molar-refractivity contribution in [3.05, 3.63) is 11.6 Å². The van der Waals surface area contributed by atoms with Gasteiger partial charge in [-0.15, -0.1) is 11.3 Å². The summed E-state index contributed by atoms with van der Waals surface area (Å²) in [5.74, 6) is -0.745. The minimum absolute atomic E-state index is 0.0499. The van der Waals surface area contributed by atoms with E-state index in [1.807, 2.05) is 6.92 Å². The van der Waals surface area contributed by atoms with Crippen molar-refractivity contribution in [2.45, 2.75) is 92.3 Å². The first-order valence-electron chi connectivity index (χ1n) is 10.6. The average Bonchev–Trinajstić information content (AvgIpc) is 3.17. The van der Waals surface area contributed by atoms with Gasteiger partial charge in [0.2, 0.25) is 0 Å². The van der Waals surface area contributed by atoms with Crippen molar-refractivity contribution in [2.75, 3.05) is 6.54 Å². The van der Waals surface area contributed by atoms with Crippen LogP contribution in [0.2, 0.25) is 0 Å². The molecule has 5 atom stereocenters. The molecule has 0 bridgehead atoms. The molecule has 0 aliphatic carbocycles. The summed E-state index contributed by atoms with van der Waals surface area (Å²) in [5.41, 5.74) is 0.446. The third-order valence-electron chi connectivity index (χ3n) is 5.58. The molecule has 0 spiro atoms. The molecule has 182 valence electrons. The zero-order valence-corrected chi connectivity index (χ0v) is 21.6. The van der Waals surface area contributed by atoms with Gasteiger partial charge in [-0.25, -0.2) is 16.8 Å². The van der Waals surface area contributed by atoms with Crippen LogP contribution in [0.15, 0.2) is 14.5 Å². The molecule has 0 saturated heterocycles. The molecule has 1 aliphatic heterocycles. The number of hydrogen-bond acceptors (Lipinski definition) is 9. The van der Waals surface area contributed by atoms with Gasteiger partial charge in [0.1, 0.15) is 20.6 Å². The van der Waals surface area contributed by atoms with Crippen LogP contribution in [0.25, 0.3) is 0 Å². The van der Waals surface area contributed by atoms with Crippen molar-refractivity contribution in [1.82, 2.24) is 10.0 Å². The summed E-state index contributed by atoms with van der Waals surface area (Å²) in [4.78, 5) is 24.2. The van der Waals surface area contributed by atoms with E-state index >= 15 is 0 Å². The van der Waals surface area contributed by atoms with E-state index in [9.17, 15) is 26.4 Å². The summed E-state index contributed by atoms with van der Waals surface area (Å²) in [6.45, 7) is 10.1. The van der Waals surface area contributed by atoms with Gasteiger partial charge in [0.15, 0.2) is 21.4 Å². The molecule has 2 N–H and O–H groups in total. The molecule has 2 rings (SSSR count). The third-order valence-corrected chi connectivity index (χ3v) is 11.4. The van der Waals surface area contributed by atoms with Crippen LogP contribution in [0, 0.1) is 0 Å². The molecular formula is C20H32N2O7S3. The van der Waals surface area contributed by atoms with E-state index < -0.39 is 49.1 Å². The number of rotatable bonds is 11. The molecule has 0 aromatic carbocycles. The van der Waals surface area contributed by atoms with Crippen LogP contribution in [0.1, 0.15) is 66.0 Å². The Bertz CT molecular complexity index is 1060. The lowest BCUT2D eigenvalue weighted by Gasteiger charge is -2.27. The van der Waals surface area contributed by atoms with Crippen molar-refractivity contribution in [2.24, 2.45) is 0 Å². The summed E-state index contributed by atoms with van der Waals surface area (Å²) in [5, 5.41) is 2.58. The minimum Gasteiger partial charge on any atom is -0.360 e. The van der Waals surface area contributed by atoms with Gasteiger partial charge >= 0.3 is 0 Å². The highest BCUT2D eigenvalue weighted by Crippen LogP contribution is 2.42. The lowest BCUT2D eigenvalue weighted by atomic mass is 10.1. The molecule has 1 aromatic heterocycles.